The van der Waals surface area contributed by atoms with E-state index in [9.17, 15) is 0 Å². The highest BCUT2D eigenvalue weighted by atomic mass is 14.9. The molecule has 2 atom stereocenters. The lowest BCUT2D eigenvalue weighted by Crippen LogP contribution is -2.20. The predicted octanol–water partition coefficient (Wildman–Crippen LogP) is 2.83. The van der Waals surface area contributed by atoms with Crippen LogP contribution in [0.15, 0.2) is 35.3 Å². The molecule has 2 unspecified atom stereocenters. The lowest BCUT2D eigenvalue weighted by atomic mass is 10.0. The molecule has 82 valence electrons. The van der Waals surface area contributed by atoms with E-state index in [4.69, 9.17) is 5.73 Å². The van der Waals surface area contributed by atoms with Crippen molar-refractivity contribution in [2.75, 3.05) is 0 Å². The third-order valence-electron chi connectivity index (χ3n) is 2.88. The number of amidine groups is 1. The average molecular weight is 204 g/mol. The van der Waals surface area contributed by atoms with Crippen LogP contribution in [0, 0.1) is 5.92 Å². The largest absolute Gasteiger partial charge is 0.383 e. The topological polar surface area (TPSA) is 38.4 Å². The zero-order valence-electron chi connectivity index (χ0n) is 9.77. The zero-order chi connectivity index (χ0) is 11.3. The second-order valence-corrected chi connectivity index (χ2v) is 4.01. The van der Waals surface area contributed by atoms with Gasteiger partial charge in [-0.2, -0.15) is 0 Å². The highest BCUT2D eigenvalue weighted by Crippen LogP contribution is 2.11. The zero-order valence-corrected chi connectivity index (χ0v) is 9.77. The van der Waals surface area contributed by atoms with Crippen molar-refractivity contribution in [2.24, 2.45) is 16.6 Å². The SMILES string of the molecule is CCC(C)C(C)N=C(N)c1ccccc1. The Morgan fingerprint density at radius 1 is 1.27 bits per heavy atom. The summed E-state index contributed by atoms with van der Waals surface area (Å²) in [5, 5.41) is 0. The van der Waals surface area contributed by atoms with Gasteiger partial charge in [0.05, 0.1) is 6.04 Å². The molecule has 0 aliphatic carbocycles. The minimum atomic E-state index is 0.287. The van der Waals surface area contributed by atoms with Crippen molar-refractivity contribution in [3.8, 4) is 0 Å². The van der Waals surface area contributed by atoms with E-state index < -0.39 is 0 Å². The Bertz CT molecular complexity index is 317. The first-order chi connectivity index (χ1) is 7.15. The third-order valence-corrected chi connectivity index (χ3v) is 2.88. The number of aliphatic imine (C=N–C) groups is 1. The molecule has 0 heterocycles. The van der Waals surface area contributed by atoms with E-state index in [1.807, 2.05) is 30.3 Å². The Balaban J connectivity index is 2.76. The van der Waals surface area contributed by atoms with E-state index in [0.717, 1.165) is 12.0 Å². The van der Waals surface area contributed by atoms with E-state index in [-0.39, 0.29) is 6.04 Å². The Morgan fingerprint density at radius 2 is 1.87 bits per heavy atom. The van der Waals surface area contributed by atoms with Crippen molar-refractivity contribution in [1.82, 2.24) is 0 Å². The van der Waals surface area contributed by atoms with E-state index in [1.165, 1.54) is 0 Å². The maximum atomic E-state index is 5.94. The van der Waals surface area contributed by atoms with Crippen molar-refractivity contribution in [1.29, 1.82) is 0 Å². The highest BCUT2D eigenvalue weighted by Gasteiger charge is 2.09. The Labute approximate surface area is 92.2 Å². The van der Waals surface area contributed by atoms with E-state index in [2.05, 4.69) is 25.8 Å². The molecule has 2 heteroatoms. The summed E-state index contributed by atoms with van der Waals surface area (Å²) in [7, 11) is 0. The normalized spacial score (nSPS) is 16.1. The fraction of sp³-hybridized carbons (Fsp3) is 0.462. The molecule has 0 aliphatic heterocycles. The van der Waals surface area contributed by atoms with Crippen molar-refractivity contribution < 1.29 is 0 Å². The van der Waals surface area contributed by atoms with Gasteiger partial charge in [-0.1, -0.05) is 50.6 Å². The molecule has 1 rings (SSSR count). The number of nitrogens with two attached hydrogens (primary N) is 1. The summed E-state index contributed by atoms with van der Waals surface area (Å²) in [6.07, 6.45) is 1.13. The van der Waals surface area contributed by atoms with Gasteiger partial charge in [-0.3, -0.25) is 4.99 Å². The lowest BCUT2D eigenvalue weighted by Gasteiger charge is -2.14. The van der Waals surface area contributed by atoms with Gasteiger partial charge in [0.15, 0.2) is 0 Å². The van der Waals surface area contributed by atoms with Crippen LogP contribution in [0.25, 0.3) is 0 Å². The molecule has 0 saturated carbocycles. The van der Waals surface area contributed by atoms with Gasteiger partial charge < -0.3 is 5.73 Å². The smallest absolute Gasteiger partial charge is 0.125 e. The molecule has 0 saturated heterocycles. The summed E-state index contributed by atoms with van der Waals surface area (Å²) in [6.45, 7) is 6.49. The Morgan fingerprint density at radius 3 is 2.40 bits per heavy atom. The van der Waals surface area contributed by atoms with Gasteiger partial charge >= 0.3 is 0 Å². The van der Waals surface area contributed by atoms with E-state index in [0.29, 0.717) is 11.8 Å². The second-order valence-electron chi connectivity index (χ2n) is 4.01. The van der Waals surface area contributed by atoms with Gasteiger partial charge in [-0.15, -0.1) is 0 Å². The molecule has 1 aromatic carbocycles. The van der Waals surface area contributed by atoms with Crippen LogP contribution >= 0.6 is 0 Å². The van der Waals surface area contributed by atoms with Crippen LogP contribution in [-0.4, -0.2) is 11.9 Å². The molecule has 2 N–H and O–H groups in total. The molecule has 0 radical (unpaired) electrons. The van der Waals surface area contributed by atoms with Crippen molar-refractivity contribution in [3.05, 3.63) is 35.9 Å². The van der Waals surface area contributed by atoms with Gasteiger partial charge in [0.1, 0.15) is 5.84 Å². The fourth-order valence-corrected chi connectivity index (χ4v) is 1.37. The standard InChI is InChI=1S/C13H20N2/c1-4-10(2)11(3)15-13(14)12-8-6-5-7-9-12/h5-11H,4H2,1-3H3,(H2,14,15). The fourth-order valence-electron chi connectivity index (χ4n) is 1.37. The number of rotatable bonds is 4. The van der Waals surface area contributed by atoms with Crippen LogP contribution in [0.2, 0.25) is 0 Å². The molecular formula is C13H20N2. The van der Waals surface area contributed by atoms with E-state index >= 15 is 0 Å². The number of hydrogen-bond donors (Lipinski definition) is 1. The lowest BCUT2D eigenvalue weighted by molar-refractivity contribution is 0.472. The van der Waals surface area contributed by atoms with Crippen LogP contribution in [0.3, 0.4) is 0 Å². The summed E-state index contributed by atoms with van der Waals surface area (Å²) < 4.78 is 0. The Kier molecular flexibility index (Phi) is 4.35. The number of hydrogen-bond acceptors (Lipinski definition) is 1. The molecule has 0 amide bonds. The van der Waals surface area contributed by atoms with Gasteiger partial charge in [-0.25, -0.2) is 0 Å². The molecule has 0 aliphatic rings. The maximum absolute atomic E-state index is 5.94. The van der Waals surface area contributed by atoms with E-state index in [1.54, 1.807) is 0 Å². The van der Waals surface area contributed by atoms with Crippen LogP contribution in [0.1, 0.15) is 32.8 Å². The summed E-state index contributed by atoms with van der Waals surface area (Å²) in [5.74, 6) is 1.22. The summed E-state index contributed by atoms with van der Waals surface area (Å²) >= 11 is 0. The number of nitrogens with zero attached hydrogens (tertiary/aromatic N) is 1. The van der Waals surface area contributed by atoms with Crippen LogP contribution in [0.4, 0.5) is 0 Å². The van der Waals surface area contributed by atoms with Crippen LogP contribution in [-0.2, 0) is 0 Å². The summed E-state index contributed by atoms with van der Waals surface area (Å²) in [5.41, 5.74) is 6.95. The molecular weight excluding hydrogens is 184 g/mol. The van der Waals surface area contributed by atoms with Crippen LogP contribution in [0.5, 0.6) is 0 Å². The highest BCUT2D eigenvalue weighted by molar-refractivity contribution is 5.97. The molecule has 1 aromatic rings. The van der Waals surface area contributed by atoms with Gasteiger partial charge in [-0.05, 0) is 12.8 Å². The Hall–Kier alpha value is -1.31. The average Bonchev–Trinajstić information content (AvgIpc) is 2.29. The second kappa shape index (κ2) is 5.54. The van der Waals surface area contributed by atoms with Gasteiger partial charge in [0.2, 0.25) is 0 Å². The van der Waals surface area contributed by atoms with Crippen molar-refractivity contribution in [2.45, 2.75) is 33.2 Å². The van der Waals surface area contributed by atoms with Crippen LogP contribution < -0.4 is 5.73 Å². The quantitative estimate of drug-likeness (QED) is 0.594. The summed E-state index contributed by atoms with van der Waals surface area (Å²) in [6, 6.07) is 10.2. The number of benzene rings is 1. The minimum absolute atomic E-state index is 0.287. The predicted molar refractivity (Wildman–Crippen MR) is 66.1 cm³/mol. The molecule has 15 heavy (non-hydrogen) atoms. The van der Waals surface area contributed by atoms with Gasteiger partial charge in [0.25, 0.3) is 0 Å². The molecule has 0 aromatic heterocycles. The first-order valence-electron chi connectivity index (χ1n) is 5.53. The summed E-state index contributed by atoms with van der Waals surface area (Å²) in [4.78, 5) is 4.51. The molecule has 2 nitrogen and oxygen atoms in total. The first kappa shape index (κ1) is 11.8. The first-order valence-corrected chi connectivity index (χ1v) is 5.53. The monoisotopic (exact) mass is 204 g/mol. The molecule has 0 bridgehead atoms. The maximum Gasteiger partial charge on any atom is 0.125 e. The molecule has 0 fully saturated rings. The van der Waals surface area contributed by atoms with Crippen molar-refractivity contribution in [3.63, 3.8) is 0 Å². The molecule has 0 spiro atoms. The van der Waals surface area contributed by atoms with Crippen molar-refractivity contribution >= 4 is 5.84 Å². The van der Waals surface area contributed by atoms with Gasteiger partial charge in [0, 0.05) is 5.56 Å². The third kappa shape index (κ3) is 3.39. The minimum Gasteiger partial charge on any atom is -0.383 e.